The lowest BCUT2D eigenvalue weighted by Gasteiger charge is -2.19. The van der Waals surface area contributed by atoms with Gasteiger partial charge in [-0.15, -0.1) is 0 Å². The first-order chi connectivity index (χ1) is 13.7. The lowest BCUT2D eigenvalue weighted by atomic mass is 10.0. The molecule has 1 aromatic carbocycles. The van der Waals surface area contributed by atoms with Crippen molar-refractivity contribution < 1.29 is 9.90 Å². The van der Waals surface area contributed by atoms with E-state index in [1.165, 1.54) is 0 Å². The maximum atomic E-state index is 12.8. The maximum absolute atomic E-state index is 12.8. The fraction of sp³-hybridized carbons (Fsp3) is 0.227. The standard InChI is InChI=1S/C22H24N4O2/c27-20-5-3-19(4-6-20)21(25-14-9-17-7-12-23-13-8-17)22(28)26-15-10-18-2-1-11-24-16-18/h1-8,11-13,16,21,25,27H,9-10,14-15H2,(H,26,28). The van der Waals surface area contributed by atoms with E-state index in [2.05, 4.69) is 20.6 Å². The van der Waals surface area contributed by atoms with Gasteiger partial charge >= 0.3 is 0 Å². The van der Waals surface area contributed by atoms with E-state index >= 15 is 0 Å². The Balaban J connectivity index is 1.59. The number of pyridine rings is 2. The fourth-order valence-corrected chi connectivity index (χ4v) is 2.92. The molecule has 6 heteroatoms. The molecule has 0 saturated carbocycles. The number of carbonyl (C=O) groups is 1. The summed E-state index contributed by atoms with van der Waals surface area (Å²) in [7, 11) is 0. The summed E-state index contributed by atoms with van der Waals surface area (Å²) in [5.74, 6) is 0.0839. The van der Waals surface area contributed by atoms with Gasteiger partial charge in [-0.1, -0.05) is 18.2 Å². The Kier molecular flexibility index (Phi) is 7.09. The van der Waals surface area contributed by atoms with Gasteiger partial charge in [0.05, 0.1) is 0 Å². The second kappa shape index (κ2) is 10.2. The van der Waals surface area contributed by atoms with Gasteiger partial charge < -0.3 is 15.7 Å². The monoisotopic (exact) mass is 376 g/mol. The maximum Gasteiger partial charge on any atom is 0.241 e. The minimum atomic E-state index is -0.490. The second-order valence-electron chi connectivity index (χ2n) is 6.49. The third kappa shape index (κ3) is 5.89. The number of hydrogen-bond donors (Lipinski definition) is 3. The van der Waals surface area contributed by atoms with Crippen LogP contribution < -0.4 is 10.6 Å². The van der Waals surface area contributed by atoms with Crippen molar-refractivity contribution in [3.8, 4) is 5.75 Å². The molecule has 28 heavy (non-hydrogen) atoms. The number of phenols is 1. The van der Waals surface area contributed by atoms with E-state index in [4.69, 9.17) is 0 Å². The fourth-order valence-electron chi connectivity index (χ4n) is 2.92. The number of rotatable bonds is 9. The number of nitrogens with one attached hydrogen (secondary N) is 2. The molecule has 0 bridgehead atoms. The highest BCUT2D eigenvalue weighted by atomic mass is 16.3. The van der Waals surface area contributed by atoms with Crippen molar-refractivity contribution in [3.63, 3.8) is 0 Å². The van der Waals surface area contributed by atoms with Crippen LogP contribution in [-0.4, -0.2) is 34.1 Å². The highest BCUT2D eigenvalue weighted by Gasteiger charge is 2.19. The quantitative estimate of drug-likeness (QED) is 0.534. The Morgan fingerprint density at radius 1 is 0.893 bits per heavy atom. The molecule has 1 atom stereocenters. The van der Waals surface area contributed by atoms with E-state index in [1.54, 1.807) is 49.1 Å². The summed E-state index contributed by atoms with van der Waals surface area (Å²) in [4.78, 5) is 20.9. The molecule has 0 aliphatic heterocycles. The van der Waals surface area contributed by atoms with Crippen LogP contribution in [0.5, 0.6) is 5.75 Å². The van der Waals surface area contributed by atoms with Crippen LogP contribution in [0.2, 0.25) is 0 Å². The summed E-state index contributed by atoms with van der Waals surface area (Å²) < 4.78 is 0. The van der Waals surface area contributed by atoms with Gasteiger partial charge in [0.25, 0.3) is 0 Å². The van der Waals surface area contributed by atoms with Gasteiger partial charge in [-0.2, -0.15) is 0 Å². The molecule has 2 aromatic heterocycles. The number of amides is 1. The summed E-state index contributed by atoms with van der Waals surface area (Å²) in [5, 5.41) is 15.9. The van der Waals surface area contributed by atoms with Crippen molar-refractivity contribution in [1.82, 2.24) is 20.6 Å². The summed E-state index contributed by atoms with van der Waals surface area (Å²) in [6.45, 7) is 1.18. The van der Waals surface area contributed by atoms with Crippen LogP contribution in [-0.2, 0) is 17.6 Å². The number of aromatic hydroxyl groups is 1. The van der Waals surface area contributed by atoms with Gasteiger partial charge in [0, 0.05) is 37.9 Å². The Bertz CT molecular complexity index is 855. The molecule has 0 saturated heterocycles. The Morgan fingerprint density at radius 3 is 2.36 bits per heavy atom. The van der Waals surface area contributed by atoms with Crippen LogP contribution in [0.1, 0.15) is 22.7 Å². The van der Waals surface area contributed by atoms with Crippen molar-refractivity contribution in [2.45, 2.75) is 18.9 Å². The predicted molar refractivity (Wildman–Crippen MR) is 108 cm³/mol. The Labute approximate surface area is 164 Å². The van der Waals surface area contributed by atoms with E-state index in [0.29, 0.717) is 13.1 Å². The van der Waals surface area contributed by atoms with Crippen LogP contribution in [0.15, 0.2) is 73.3 Å². The lowest BCUT2D eigenvalue weighted by molar-refractivity contribution is -0.123. The molecule has 1 amide bonds. The molecule has 3 N–H and O–H groups in total. The molecule has 6 nitrogen and oxygen atoms in total. The highest BCUT2D eigenvalue weighted by Crippen LogP contribution is 2.17. The second-order valence-corrected chi connectivity index (χ2v) is 6.49. The van der Waals surface area contributed by atoms with Crippen molar-refractivity contribution in [2.24, 2.45) is 0 Å². The van der Waals surface area contributed by atoms with Gasteiger partial charge in [-0.05, 0) is 59.9 Å². The van der Waals surface area contributed by atoms with Gasteiger partial charge in [0.15, 0.2) is 0 Å². The van der Waals surface area contributed by atoms with Crippen LogP contribution in [0.25, 0.3) is 0 Å². The van der Waals surface area contributed by atoms with Crippen LogP contribution in [0, 0.1) is 0 Å². The first kappa shape index (κ1) is 19.5. The van der Waals surface area contributed by atoms with Crippen LogP contribution in [0.4, 0.5) is 0 Å². The van der Waals surface area contributed by atoms with Gasteiger partial charge in [-0.25, -0.2) is 0 Å². The van der Waals surface area contributed by atoms with Crippen molar-refractivity contribution >= 4 is 5.91 Å². The molecule has 0 aliphatic carbocycles. The average molecular weight is 376 g/mol. The van der Waals surface area contributed by atoms with E-state index < -0.39 is 6.04 Å². The topological polar surface area (TPSA) is 87.1 Å². The largest absolute Gasteiger partial charge is 0.508 e. The SMILES string of the molecule is O=C(NCCc1cccnc1)C(NCCc1ccncc1)c1ccc(O)cc1. The molecule has 1 unspecified atom stereocenters. The number of benzene rings is 1. The van der Waals surface area contributed by atoms with Gasteiger partial charge in [-0.3, -0.25) is 14.8 Å². The van der Waals surface area contributed by atoms with E-state index in [0.717, 1.165) is 29.5 Å². The molecule has 0 spiro atoms. The first-order valence-corrected chi connectivity index (χ1v) is 9.30. The molecule has 0 radical (unpaired) electrons. The third-order valence-electron chi connectivity index (χ3n) is 4.44. The lowest BCUT2D eigenvalue weighted by Crippen LogP contribution is -2.39. The van der Waals surface area contributed by atoms with E-state index in [1.807, 2.05) is 24.3 Å². The van der Waals surface area contributed by atoms with Crippen molar-refractivity contribution in [3.05, 3.63) is 90.0 Å². The zero-order valence-electron chi connectivity index (χ0n) is 15.6. The Morgan fingerprint density at radius 2 is 1.64 bits per heavy atom. The van der Waals surface area contributed by atoms with Crippen molar-refractivity contribution in [1.29, 1.82) is 0 Å². The Hall–Kier alpha value is -3.25. The highest BCUT2D eigenvalue weighted by molar-refractivity contribution is 5.83. The average Bonchev–Trinajstić information content (AvgIpc) is 2.73. The van der Waals surface area contributed by atoms with Crippen molar-refractivity contribution in [2.75, 3.05) is 13.1 Å². The minimum Gasteiger partial charge on any atom is -0.508 e. The van der Waals surface area contributed by atoms with Crippen LogP contribution in [0.3, 0.4) is 0 Å². The number of hydrogen-bond acceptors (Lipinski definition) is 5. The molecule has 0 aliphatic rings. The summed E-state index contributed by atoms with van der Waals surface area (Å²) in [6, 6.07) is 14.0. The van der Waals surface area contributed by atoms with E-state index in [-0.39, 0.29) is 11.7 Å². The summed E-state index contributed by atoms with van der Waals surface area (Å²) in [5.41, 5.74) is 3.05. The molecule has 2 heterocycles. The molecular formula is C22H24N4O2. The predicted octanol–water partition coefficient (Wildman–Crippen LogP) is 2.41. The zero-order chi connectivity index (χ0) is 19.6. The minimum absolute atomic E-state index is 0.0932. The summed E-state index contributed by atoms with van der Waals surface area (Å²) in [6.07, 6.45) is 8.57. The molecular weight excluding hydrogens is 352 g/mol. The smallest absolute Gasteiger partial charge is 0.241 e. The number of nitrogens with zero attached hydrogens (tertiary/aromatic N) is 2. The zero-order valence-corrected chi connectivity index (χ0v) is 15.6. The molecule has 3 aromatic rings. The summed E-state index contributed by atoms with van der Waals surface area (Å²) >= 11 is 0. The van der Waals surface area contributed by atoms with Gasteiger partial charge in [0.1, 0.15) is 11.8 Å². The van der Waals surface area contributed by atoms with Crippen LogP contribution >= 0.6 is 0 Å². The van der Waals surface area contributed by atoms with E-state index in [9.17, 15) is 9.90 Å². The molecule has 144 valence electrons. The van der Waals surface area contributed by atoms with Gasteiger partial charge in [0.2, 0.25) is 5.91 Å². The third-order valence-corrected chi connectivity index (χ3v) is 4.44. The number of phenolic OH excluding ortho intramolecular Hbond substituents is 1. The molecule has 3 rings (SSSR count). The number of carbonyl (C=O) groups excluding carboxylic acids is 1. The normalized spacial score (nSPS) is 11.7. The first-order valence-electron chi connectivity index (χ1n) is 9.30. The molecule has 0 fully saturated rings. The number of aromatic nitrogens is 2.